The molecule has 0 aliphatic heterocycles. The molecule has 0 radical (unpaired) electrons. The van der Waals surface area contributed by atoms with E-state index < -0.39 is 0 Å². The molecule has 1 aromatic heterocycles. The number of para-hydroxylation sites is 1. The van der Waals surface area contributed by atoms with Gasteiger partial charge in [-0.25, -0.2) is 0 Å². The average molecular weight is 355 g/mol. The fourth-order valence-corrected chi connectivity index (χ4v) is 3.46. The fourth-order valence-electron chi connectivity index (χ4n) is 3.46. The Labute approximate surface area is 153 Å². The molecule has 2 N–H and O–H groups in total. The summed E-state index contributed by atoms with van der Waals surface area (Å²) in [5.41, 5.74) is 2.03. The van der Waals surface area contributed by atoms with E-state index in [1.165, 1.54) is 0 Å². The monoisotopic (exact) mass is 355 g/mol. The number of aryl methyl sites for hydroxylation is 2. The van der Waals surface area contributed by atoms with Gasteiger partial charge in [0.15, 0.2) is 5.82 Å². The first kappa shape index (κ1) is 18.2. The van der Waals surface area contributed by atoms with Crippen molar-refractivity contribution in [1.82, 2.24) is 5.16 Å². The molecule has 0 atom stereocenters. The van der Waals surface area contributed by atoms with Crippen LogP contribution >= 0.6 is 0 Å². The van der Waals surface area contributed by atoms with Gasteiger partial charge >= 0.3 is 0 Å². The Morgan fingerprint density at radius 1 is 1.08 bits per heavy atom. The van der Waals surface area contributed by atoms with Crippen molar-refractivity contribution in [2.24, 2.45) is 11.8 Å². The molecule has 0 unspecified atom stereocenters. The van der Waals surface area contributed by atoms with Crippen LogP contribution in [0.4, 0.5) is 11.5 Å². The van der Waals surface area contributed by atoms with Gasteiger partial charge in [0, 0.05) is 23.6 Å². The van der Waals surface area contributed by atoms with Gasteiger partial charge in [-0.15, -0.1) is 0 Å². The maximum Gasteiger partial charge on any atom is 0.228 e. The summed E-state index contributed by atoms with van der Waals surface area (Å²) in [4.78, 5) is 24.9. The summed E-state index contributed by atoms with van der Waals surface area (Å²) in [7, 11) is 0. The van der Waals surface area contributed by atoms with E-state index in [1.54, 1.807) is 13.0 Å². The third-order valence-corrected chi connectivity index (χ3v) is 5.00. The van der Waals surface area contributed by atoms with Crippen LogP contribution in [-0.2, 0) is 16.0 Å². The molecule has 0 spiro atoms. The molecule has 1 fully saturated rings. The van der Waals surface area contributed by atoms with Gasteiger partial charge in [-0.05, 0) is 50.7 Å². The number of benzene rings is 1. The van der Waals surface area contributed by atoms with E-state index in [0.717, 1.165) is 30.5 Å². The quantitative estimate of drug-likeness (QED) is 0.851. The number of rotatable bonds is 5. The predicted molar refractivity (Wildman–Crippen MR) is 99.8 cm³/mol. The number of aromatic nitrogens is 1. The Kier molecular flexibility index (Phi) is 5.71. The average Bonchev–Trinajstić information content (AvgIpc) is 3.07. The molecule has 1 saturated carbocycles. The smallest absolute Gasteiger partial charge is 0.228 e. The minimum atomic E-state index is -0.0843. The summed E-state index contributed by atoms with van der Waals surface area (Å²) < 4.78 is 4.96. The van der Waals surface area contributed by atoms with Gasteiger partial charge in [-0.3, -0.25) is 9.59 Å². The van der Waals surface area contributed by atoms with E-state index in [4.69, 9.17) is 4.52 Å². The molecule has 3 rings (SSSR count). The molecular weight excluding hydrogens is 330 g/mol. The van der Waals surface area contributed by atoms with Crippen molar-refractivity contribution in [3.05, 3.63) is 41.7 Å². The first-order valence-electron chi connectivity index (χ1n) is 9.19. The van der Waals surface area contributed by atoms with Crippen LogP contribution in [0.2, 0.25) is 0 Å². The summed E-state index contributed by atoms with van der Waals surface area (Å²) in [6.45, 7) is 3.86. The summed E-state index contributed by atoms with van der Waals surface area (Å²) >= 11 is 0. The molecule has 2 amide bonds. The van der Waals surface area contributed by atoms with Crippen LogP contribution in [0.5, 0.6) is 0 Å². The fraction of sp³-hybridized carbons (Fsp3) is 0.450. The van der Waals surface area contributed by atoms with Gasteiger partial charge in [0.25, 0.3) is 0 Å². The summed E-state index contributed by atoms with van der Waals surface area (Å²) in [6.07, 6.45) is 3.73. The Morgan fingerprint density at radius 2 is 1.69 bits per heavy atom. The van der Waals surface area contributed by atoms with Gasteiger partial charge in [-0.1, -0.05) is 30.3 Å². The number of nitrogens with one attached hydrogen (secondary N) is 2. The van der Waals surface area contributed by atoms with Gasteiger partial charge in [0.1, 0.15) is 5.76 Å². The zero-order valence-electron chi connectivity index (χ0n) is 15.2. The zero-order chi connectivity index (χ0) is 18.5. The van der Waals surface area contributed by atoms with Crippen molar-refractivity contribution in [1.29, 1.82) is 0 Å². The van der Waals surface area contributed by atoms with Crippen LogP contribution in [0.3, 0.4) is 0 Å². The summed E-state index contributed by atoms with van der Waals surface area (Å²) in [6, 6.07) is 9.58. The maximum atomic E-state index is 12.6. The van der Waals surface area contributed by atoms with E-state index in [2.05, 4.69) is 22.7 Å². The van der Waals surface area contributed by atoms with E-state index in [9.17, 15) is 9.59 Å². The van der Waals surface area contributed by atoms with Crippen molar-refractivity contribution in [3.63, 3.8) is 0 Å². The highest BCUT2D eigenvalue weighted by Crippen LogP contribution is 2.31. The first-order valence-corrected chi connectivity index (χ1v) is 9.19. The second kappa shape index (κ2) is 8.17. The molecule has 1 heterocycles. The Hall–Kier alpha value is -2.63. The molecule has 1 aliphatic carbocycles. The Bertz CT molecular complexity index is 776. The van der Waals surface area contributed by atoms with Crippen molar-refractivity contribution in [2.45, 2.75) is 46.0 Å². The van der Waals surface area contributed by atoms with Crippen molar-refractivity contribution in [2.75, 3.05) is 10.6 Å². The lowest BCUT2D eigenvalue weighted by Gasteiger charge is -2.27. The maximum absolute atomic E-state index is 12.6. The lowest BCUT2D eigenvalue weighted by Crippen LogP contribution is -2.32. The SMILES string of the molecule is CCc1ccccc1NC(=O)C1CCC(C(=O)Nc2cc(C)on2)CC1. The van der Waals surface area contributed by atoms with E-state index in [-0.39, 0.29) is 23.7 Å². The van der Waals surface area contributed by atoms with E-state index >= 15 is 0 Å². The summed E-state index contributed by atoms with van der Waals surface area (Å²) in [5, 5.41) is 9.63. The Morgan fingerprint density at radius 3 is 2.27 bits per heavy atom. The lowest BCUT2D eigenvalue weighted by atomic mass is 9.81. The Balaban J connectivity index is 1.51. The molecule has 6 nitrogen and oxygen atoms in total. The minimum Gasteiger partial charge on any atom is -0.360 e. The standard InChI is InChI=1S/C20H25N3O3/c1-3-14-6-4-5-7-17(14)21-19(24)15-8-10-16(11-9-15)20(25)22-18-12-13(2)26-23-18/h4-7,12,15-16H,3,8-11H2,1-2H3,(H,21,24)(H,22,23,25). The van der Waals surface area contributed by atoms with Gasteiger partial charge in [0.05, 0.1) is 0 Å². The highest BCUT2D eigenvalue weighted by molar-refractivity contribution is 5.94. The molecule has 1 aliphatic rings. The van der Waals surface area contributed by atoms with Crippen LogP contribution in [0.25, 0.3) is 0 Å². The molecule has 138 valence electrons. The van der Waals surface area contributed by atoms with Crippen molar-refractivity contribution >= 4 is 23.3 Å². The highest BCUT2D eigenvalue weighted by atomic mass is 16.5. The molecule has 0 saturated heterocycles. The zero-order valence-corrected chi connectivity index (χ0v) is 15.2. The molecule has 6 heteroatoms. The van der Waals surface area contributed by atoms with Crippen LogP contribution < -0.4 is 10.6 Å². The number of nitrogens with zero attached hydrogens (tertiary/aromatic N) is 1. The number of anilines is 2. The minimum absolute atomic E-state index is 0.0433. The number of carbonyl (C=O) groups excluding carboxylic acids is 2. The largest absolute Gasteiger partial charge is 0.360 e. The molecule has 26 heavy (non-hydrogen) atoms. The number of carbonyl (C=O) groups is 2. The lowest BCUT2D eigenvalue weighted by molar-refractivity contribution is -0.125. The first-order chi connectivity index (χ1) is 12.6. The predicted octanol–water partition coefficient (Wildman–Crippen LogP) is 3.93. The third kappa shape index (κ3) is 4.31. The number of hydrogen-bond donors (Lipinski definition) is 2. The van der Waals surface area contributed by atoms with Crippen LogP contribution in [0, 0.1) is 18.8 Å². The van der Waals surface area contributed by atoms with Crippen molar-refractivity contribution in [3.8, 4) is 0 Å². The van der Waals surface area contributed by atoms with Crippen molar-refractivity contribution < 1.29 is 14.1 Å². The van der Waals surface area contributed by atoms with E-state index in [1.807, 2.05) is 24.3 Å². The molecule has 2 aromatic rings. The highest BCUT2D eigenvalue weighted by Gasteiger charge is 2.30. The number of hydrogen-bond acceptors (Lipinski definition) is 4. The second-order valence-corrected chi connectivity index (χ2v) is 6.86. The normalized spacial score (nSPS) is 19.8. The van der Waals surface area contributed by atoms with Gasteiger partial charge in [-0.2, -0.15) is 0 Å². The molecule has 0 bridgehead atoms. The van der Waals surface area contributed by atoms with Crippen LogP contribution in [0.15, 0.2) is 34.9 Å². The second-order valence-electron chi connectivity index (χ2n) is 6.86. The topological polar surface area (TPSA) is 84.2 Å². The summed E-state index contributed by atoms with van der Waals surface area (Å²) in [5.74, 6) is 0.985. The van der Waals surface area contributed by atoms with Crippen LogP contribution in [-0.4, -0.2) is 17.0 Å². The molecular formula is C20H25N3O3. The molecule has 1 aromatic carbocycles. The van der Waals surface area contributed by atoms with Gasteiger partial charge in [0.2, 0.25) is 11.8 Å². The van der Waals surface area contributed by atoms with E-state index in [0.29, 0.717) is 24.4 Å². The van der Waals surface area contributed by atoms with Crippen LogP contribution in [0.1, 0.15) is 43.9 Å². The number of amides is 2. The third-order valence-electron chi connectivity index (χ3n) is 5.00. The van der Waals surface area contributed by atoms with Gasteiger partial charge < -0.3 is 15.2 Å².